The van der Waals surface area contributed by atoms with Crippen molar-refractivity contribution in [3.8, 4) is 11.5 Å². The van der Waals surface area contributed by atoms with Gasteiger partial charge in [0, 0.05) is 23.1 Å². The Morgan fingerprint density at radius 1 is 1.12 bits per heavy atom. The van der Waals surface area contributed by atoms with E-state index in [1.165, 1.54) is 24.3 Å². The fourth-order valence-corrected chi connectivity index (χ4v) is 4.18. The molecular weight excluding hydrogens is 381 g/mol. The van der Waals surface area contributed by atoms with E-state index in [-0.39, 0.29) is 22.9 Å². The monoisotopic (exact) mass is 397 g/mol. The summed E-state index contributed by atoms with van der Waals surface area (Å²) in [5, 5.41) is 0. The first-order chi connectivity index (χ1) is 12.5. The zero-order valence-electron chi connectivity index (χ0n) is 13.6. The molecule has 26 heavy (non-hydrogen) atoms. The van der Waals surface area contributed by atoms with E-state index < -0.39 is 15.9 Å². The Labute approximate surface area is 154 Å². The van der Waals surface area contributed by atoms with E-state index >= 15 is 0 Å². The van der Waals surface area contributed by atoms with Crippen molar-refractivity contribution in [2.75, 3.05) is 19.0 Å². The summed E-state index contributed by atoms with van der Waals surface area (Å²) in [7, 11) is -4.01. The van der Waals surface area contributed by atoms with Crippen LogP contribution in [0.4, 0.5) is 4.39 Å². The molecule has 1 amide bonds. The molecule has 6 nitrogen and oxygen atoms in total. The number of hydrogen-bond acceptors (Lipinski definition) is 6. The van der Waals surface area contributed by atoms with E-state index in [2.05, 4.69) is 0 Å². The van der Waals surface area contributed by atoms with Crippen LogP contribution in [0.3, 0.4) is 0 Å². The lowest BCUT2D eigenvalue weighted by Gasteiger charge is -2.18. The second kappa shape index (κ2) is 7.96. The van der Waals surface area contributed by atoms with Gasteiger partial charge in [-0.1, -0.05) is 12.1 Å². The smallest absolute Gasteiger partial charge is 0.264 e. The summed E-state index contributed by atoms with van der Waals surface area (Å²) in [5.41, 5.74) is 0. The van der Waals surface area contributed by atoms with Gasteiger partial charge in [0.1, 0.15) is 19.0 Å². The number of nitrogens with one attached hydrogen (secondary N) is 1. The summed E-state index contributed by atoms with van der Waals surface area (Å²) in [6.07, 6.45) is -0.0667. The summed E-state index contributed by atoms with van der Waals surface area (Å²) in [6, 6.07) is 10.3. The number of amides is 1. The molecule has 0 aliphatic carbocycles. The third-order valence-corrected chi connectivity index (χ3v) is 5.92. The third-order valence-electron chi connectivity index (χ3n) is 3.50. The van der Waals surface area contributed by atoms with E-state index in [0.717, 1.165) is 11.8 Å². The second-order valence-corrected chi connectivity index (χ2v) is 8.18. The van der Waals surface area contributed by atoms with Crippen LogP contribution in [0.5, 0.6) is 11.5 Å². The molecule has 0 saturated heterocycles. The van der Waals surface area contributed by atoms with Gasteiger partial charge in [0.15, 0.2) is 11.5 Å². The molecule has 1 heterocycles. The molecule has 0 atom stereocenters. The van der Waals surface area contributed by atoms with Crippen molar-refractivity contribution in [1.82, 2.24) is 4.72 Å². The summed E-state index contributed by atoms with van der Waals surface area (Å²) >= 11 is 1.15. The van der Waals surface area contributed by atoms with Gasteiger partial charge < -0.3 is 9.47 Å². The molecule has 0 fully saturated rings. The Morgan fingerprint density at radius 3 is 2.62 bits per heavy atom. The van der Waals surface area contributed by atoms with Crippen molar-refractivity contribution in [2.24, 2.45) is 0 Å². The molecule has 0 spiro atoms. The predicted molar refractivity (Wildman–Crippen MR) is 94.5 cm³/mol. The minimum Gasteiger partial charge on any atom is -0.486 e. The van der Waals surface area contributed by atoms with E-state index in [9.17, 15) is 17.6 Å². The fourth-order valence-electron chi connectivity index (χ4n) is 2.27. The van der Waals surface area contributed by atoms with E-state index in [1.54, 1.807) is 18.2 Å². The molecule has 3 rings (SSSR count). The van der Waals surface area contributed by atoms with Crippen molar-refractivity contribution < 1.29 is 27.1 Å². The summed E-state index contributed by atoms with van der Waals surface area (Å²) in [4.78, 5) is 12.3. The number of sulfonamides is 1. The molecule has 0 aromatic heterocycles. The van der Waals surface area contributed by atoms with Crippen LogP contribution in [-0.4, -0.2) is 33.3 Å². The number of fused-ring (bicyclic) bond motifs is 1. The number of halogens is 1. The Hall–Kier alpha value is -2.26. The molecular formula is C17H16FNO5S2. The highest BCUT2D eigenvalue weighted by atomic mass is 32.2. The first-order valence-electron chi connectivity index (χ1n) is 7.78. The Bertz CT molecular complexity index is 917. The molecule has 9 heteroatoms. The average molecular weight is 397 g/mol. The maximum atomic E-state index is 13.5. The van der Waals surface area contributed by atoms with E-state index in [0.29, 0.717) is 29.6 Å². The standard InChI is InChI=1S/C17H16FNO5S2/c18-13-3-1-2-4-16(13)25-10-7-17(20)19-26(21,22)12-5-6-14-15(11-12)24-9-8-23-14/h1-6,11H,7-10H2,(H,19,20). The number of carbonyl (C=O) groups excluding carboxylic acids is 1. The lowest BCUT2D eigenvalue weighted by molar-refractivity contribution is -0.118. The van der Waals surface area contributed by atoms with Crippen LogP contribution < -0.4 is 14.2 Å². The summed E-state index contributed by atoms with van der Waals surface area (Å²) < 4.78 is 50.8. The molecule has 1 N–H and O–H groups in total. The molecule has 138 valence electrons. The largest absolute Gasteiger partial charge is 0.486 e. The lowest BCUT2D eigenvalue weighted by Crippen LogP contribution is -2.30. The number of ether oxygens (including phenoxy) is 2. The van der Waals surface area contributed by atoms with Crippen molar-refractivity contribution in [3.05, 3.63) is 48.3 Å². The quantitative estimate of drug-likeness (QED) is 0.755. The molecule has 2 aromatic carbocycles. The van der Waals surface area contributed by atoms with Crippen LogP contribution >= 0.6 is 11.8 Å². The van der Waals surface area contributed by atoms with Crippen LogP contribution in [-0.2, 0) is 14.8 Å². The van der Waals surface area contributed by atoms with Crippen molar-refractivity contribution >= 4 is 27.7 Å². The van der Waals surface area contributed by atoms with Gasteiger partial charge in [0.2, 0.25) is 5.91 Å². The SMILES string of the molecule is O=C(CCSc1ccccc1F)NS(=O)(=O)c1ccc2c(c1)OCCO2. The van der Waals surface area contributed by atoms with E-state index in [1.807, 2.05) is 4.72 Å². The number of carbonyl (C=O) groups is 1. The van der Waals surface area contributed by atoms with Crippen LogP contribution in [0.2, 0.25) is 0 Å². The molecule has 0 unspecified atom stereocenters. The molecule has 1 aliphatic rings. The van der Waals surface area contributed by atoms with Crippen LogP contribution in [0.15, 0.2) is 52.3 Å². The molecule has 1 aliphatic heterocycles. The van der Waals surface area contributed by atoms with Gasteiger partial charge in [-0.05, 0) is 24.3 Å². The van der Waals surface area contributed by atoms with Gasteiger partial charge in [-0.2, -0.15) is 0 Å². The number of hydrogen-bond donors (Lipinski definition) is 1. The first kappa shape index (κ1) is 18.5. The highest BCUT2D eigenvalue weighted by Crippen LogP contribution is 2.32. The van der Waals surface area contributed by atoms with Crippen LogP contribution in [0, 0.1) is 5.82 Å². The van der Waals surface area contributed by atoms with Gasteiger partial charge in [-0.3, -0.25) is 4.79 Å². The van der Waals surface area contributed by atoms with Gasteiger partial charge in [0.25, 0.3) is 10.0 Å². The maximum absolute atomic E-state index is 13.5. The Kier molecular flexibility index (Phi) is 5.67. The van der Waals surface area contributed by atoms with Crippen molar-refractivity contribution in [2.45, 2.75) is 16.2 Å². The maximum Gasteiger partial charge on any atom is 0.264 e. The topological polar surface area (TPSA) is 81.7 Å². The number of benzene rings is 2. The third kappa shape index (κ3) is 4.47. The number of rotatable bonds is 6. The van der Waals surface area contributed by atoms with Crippen molar-refractivity contribution in [1.29, 1.82) is 0 Å². The predicted octanol–water partition coefficient (Wildman–Crippen LogP) is 2.58. The molecule has 0 saturated carbocycles. The zero-order chi connectivity index (χ0) is 18.6. The van der Waals surface area contributed by atoms with Gasteiger partial charge in [0.05, 0.1) is 4.90 Å². The molecule has 2 aromatic rings. The van der Waals surface area contributed by atoms with Gasteiger partial charge in [-0.25, -0.2) is 17.5 Å². The summed E-state index contributed by atoms with van der Waals surface area (Å²) in [5.74, 6) is -0.00120. The minimum absolute atomic E-state index is 0.0667. The normalized spacial score (nSPS) is 13.3. The van der Waals surface area contributed by atoms with Crippen LogP contribution in [0.25, 0.3) is 0 Å². The lowest BCUT2D eigenvalue weighted by atomic mass is 10.3. The fraction of sp³-hybridized carbons (Fsp3) is 0.235. The zero-order valence-corrected chi connectivity index (χ0v) is 15.2. The second-order valence-electron chi connectivity index (χ2n) is 5.36. The molecule has 0 bridgehead atoms. The molecule has 0 radical (unpaired) electrons. The first-order valence-corrected chi connectivity index (χ1v) is 10.3. The Balaban J connectivity index is 1.58. The van der Waals surface area contributed by atoms with Crippen molar-refractivity contribution in [3.63, 3.8) is 0 Å². The van der Waals surface area contributed by atoms with Crippen LogP contribution in [0.1, 0.15) is 6.42 Å². The summed E-state index contributed by atoms with van der Waals surface area (Å²) in [6.45, 7) is 0.728. The Morgan fingerprint density at radius 2 is 1.85 bits per heavy atom. The minimum atomic E-state index is -4.01. The highest BCUT2D eigenvalue weighted by molar-refractivity contribution is 7.99. The van der Waals surface area contributed by atoms with E-state index in [4.69, 9.17) is 9.47 Å². The average Bonchev–Trinajstić information content (AvgIpc) is 2.62. The van der Waals surface area contributed by atoms with Gasteiger partial charge >= 0.3 is 0 Å². The highest BCUT2D eigenvalue weighted by Gasteiger charge is 2.21. The van der Waals surface area contributed by atoms with Gasteiger partial charge in [-0.15, -0.1) is 11.8 Å². The number of thioether (sulfide) groups is 1.